The highest BCUT2D eigenvalue weighted by Crippen LogP contribution is 2.49. The molecule has 11 nitrogen and oxygen atoms in total. The van der Waals surface area contributed by atoms with E-state index in [1.807, 2.05) is 5.32 Å². The van der Waals surface area contributed by atoms with Crippen molar-refractivity contribution in [3.8, 4) is 0 Å². The van der Waals surface area contributed by atoms with Gasteiger partial charge in [0.1, 0.15) is 18.3 Å². The number of phosphoric acid groups is 1. The summed E-state index contributed by atoms with van der Waals surface area (Å²) >= 11 is 0. The Hall–Kier alpha value is -1.07. The summed E-state index contributed by atoms with van der Waals surface area (Å²) in [5.41, 5.74) is -2.11. The Balaban J connectivity index is 2.06. The highest BCUT2D eigenvalue weighted by Gasteiger charge is 2.63. The van der Waals surface area contributed by atoms with Crippen molar-refractivity contribution in [1.82, 2.24) is 10.6 Å². The number of urea groups is 1. The molecule has 2 aliphatic heterocycles. The molecule has 0 saturated carbocycles. The van der Waals surface area contributed by atoms with Crippen LogP contribution in [0.15, 0.2) is 0 Å². The van der Waals surface area contributed by atoms with Gasteiger partial charge in [0.25, 0.3) is 11.6 Å². The Labute approximate surface area is 131 Å². The molecule has 2 saturated heterocycles. The predicted octanol–water partition coefficient (Wildman–Crippen LogP) is -1.16. The molecule has 0 aliphatic carbocycles. The van der Waals surface area contributed by atoms with E-state index >= 15 is 0 Å². The number of hydrogen-bond acceptors (Lipinski definition) is 9. The Morgan fingerprint density at radius 2 is 1.83 bits per heavy atom. The number of amides is 3. The molecule has 1 spiro atoms. The lowest BCUT2D eigenvalue weighted by Crippen LogP contribution is -2.56. The van der Waals surface area contributed by atoms with Crippen LogP contribution in [-0.4, -0.2) is 66.0 Å². The lowest BCUT2D eigenvalue weighted by atomic mass is 10.0. The highest BCUT2D eigenvalue weighted by molar-refractivity contribution is 7.48. The SMILES string of the molecule is CCOP(=O)(OCC)OC[C@H]1O[C@@]2(NC(=O)NC2=O)C(O)C1O. The van der Waals surface area contributed by atoms with Crippen LogP contribution in [0.3, 0.4) is 0 Å². The molecule has 2 fully saturated rings. The van der Waals surface area contributed by atoms with E-state index in [1.165, 1.54) is 0 Å². The minimum Gasteiger partial charge on any atom is -0.387 e. The van der Waals surface area contributed by atoms with Crippen molar-refractivity contribution in [3.63, 3.8) is 0 Å². The number of aliphatic hydroxyl groups excluding tert-OH is 2. The molecule has 3 amide bonds. The van der Waals surface area contributed by atoms with Crippen LogP contribution >= 0.6 is 7.82 Å². The molecule has 12 heteroatoms. The molecule has 132 valence electrons. The molecule has 0 aromatic heterocycles. The molecule has 23 heavy (non-hydrogen) atoms. The molecule has 0 radical (unpaired) electrons. The third-order valence-electron chi connectivity index (χ3n) is 3.29. The van der Waals surface area contributed by atoms with Gasteiger partial charge in [0, 0.05) is 0 Å². The van der Waals surface area contributed by atoms with Gasteiger partial charge in [0.2, 0.25) is 0 Å². The first-order valence-corrected chi connectivity index (χ1v) is 8.45. The normalized spacial score (nSPS) is 34.0. The second kappa shape index (κ2) is 6.81. The minimum absolute atomic E-state index is 0.0659. The number of nitrogens with one attached hydrogen (secondary N) is 2. The maximum atomic E-state index is 12.2. The minimum atomic E-state index is -3.85. The van der Waals surface area contributed by atoms with Crippen molar-refractivity contribution in [2.75, 3.05) is 19.8 Å². The van der Waals surface area contributed by atoms with Crippen LogP contribution in [-0.2, 0) is 27.7 Å². The highest BCUT2D eigenvalue weighted by atomic mass is 31.2. The van der Waals surface area contributed by atoms with Crippen LogP contribution in [0.2, 0.25) is 0 Å². The number of carbonyl (C=O) groups excluding carboxylic acids is 2. The number of imide groups is 1. The fraction of sp³-hybridized carbons (Fsp3) is 0.818. The molecular weight excluding hydrogens is 335 g/mol. The largest absolute Gasteiger partial charge is 0.474 e. The number of ether oxygens (including phenoxy) is 1. The van der Waals surface area contributed by atoms with Crippen LogP contribution in [0.25, 0.3) is 0 Å². The van der Waals surface area contributed by atoms with E-state index in [1.54, 1.807) is 13.8 Å². The number of carbonyl (C=O) groups is 2. The Bertz CT molecular complexity index is 520. The van der Waals surface area contributed by atoms with E-state index in [4.69, 9.17) is 18.3 Å². The summed E-state index contributed by atoms with van der Waals surface area (Å²) in [4.78, 5) is 23.0. The topological polar surface area (TPSA) is 153 Å². The summed E-state index contributed by atoms with van der Waals surface area (Å²) in [7, 11) is -3.85. The predicted molar refractivity (Wildman–Crippen MR) is 73.1 cm³/mol. The zero-order valence-electron chi connectivity index (χ0n) is 12.6. The molecule has 0 aromatic carbocycles. The zero-order valence-corrected chi connectivity index (χ0v) is 13.4. The van der Waals surface area contributed by atoms with Gasteiger partial charge in [-0.1, -0.05) is 0 Å². The summed E-state index contributed by atoms with van der Waals surface area (Å²) in [5, 5.41) is 24.0. The fourth-order valence-electron chi connectivity index (χ4n) is 2.29. The molecule has 2 heterocycles. The first-order valence-electron chi connectivity index (χ1n) is 6.99. The average molecular weight is 354 g/mol. The molecule has 4 N–H and O–H groups in total. The van der Waals surface area contributed by atoms with Gasteiger partial charge in [-0.05, 0) is 13.8 Å². The van der Waals surface area contributed by atoms with Gasteiger partial charge in [-0.25, -0.2) is 9.36 Å². The summed E-state index contributed by atoms with van der Waals surface area (Å²) in [6, 6.07) is -0.864. The van der Waals surface area contributed by atoms with Gasteiger partial charge >= 0.3 is 13.9 Å². The number of aliphatic hydroxyl groups is 2. The van der Waals surface area contributed by atoms with E-state index in [0.717, 1.165) is 0 Å². The molecule has 2 rings (SSSR count). The third kappa shape index (κ3) is 3.41. The molecule has 4 atom stereocenters. The third-order valence-corrected chi connectivity index (χ3v) is 4.91. The number of phosphoric ester groups is 1. The van der Waals surface area contributed by atoms with Crippen molar-refractivity contribution in [1.29, 1.82) is 0 Å². The Morgan fingerprint density at radius 3 is 2.30 bits per heavy atom. The molecule has 2 unspecified atom stereocenters. The maximum Gasteiger partial charge on any atom is 0.474 e. The number of hydrogen-bond donors (Lipinski definition) is 4. The fourth-order valence-corrected chi connectivity index (χ4v) is 3.48. The zero-order chi connectivity index (χ0) is 17.3. The first-order chi connectivity index (χ1) is 10.8. The van der Waals surface area contributed by atoms with E-state index in [9.17, 15) is 24.4 Å². The summed E-state index contributed by atoms with van der Waals surface area (Å²) < 4.78 is 32.3. The van der Waals surface area contributed by atoms with Crippen LogP contribution in [0.5, 0.6) is 0 Å². The summed E-state index contributed by atoms with van der Waals surface area (Å²) in [5.74, 6) is -0.936. The lowest BCUT2D eigenvalue weighted by Gasteiger charge is -2.23. The summed E-state index contributed by atoms with van der Waals surface area (Å²) in [6.45, 7) is 2.83. The van der Waals surface area contributed by atoms with Crippen molar-refractivity contribution in [3.05, 3.63) is 0 Å². The number of rotatable bonds is 7. The quantitative estimate of drug-likeness (QED) is 0.327. The van der Waals surface area contributed by atoms with E-state index in [0.29, 0.717) is 0 Å². The van der Waals surface area contributed by atoms with Gasteiger partial charge in [-0.3, -0.25) is 29.0 Å². The van der Waals surface area contributed by atoms with Gasteiger partial charge < -0.3 is 14.9 Å². The van der Waals surface area contributed by atoms with Crippen molar-refractivity contribution >= 4 is 19.8 Å². The maximum absolute atomic E-state index is 12.2. The monoisotopic (exact) mass is 354 g/mol. The molecule has 0 bridgehead atoms. The van der Waals surface area contributed by atoms with Crippen LogP contribution in [0.4, 0.5) is 4.79 Å². The second-order valence-electron chi connectivity index (χ2n) is 4.81. The average Bonchev–Trinajstić information content (AvgIpc) is 2.89. The first kappa shape index (κ1) is 18.3. The smallest absolute Gasteiger partial charge is 0.387 e. The van der Waals surface area contributed by atoms with Crippen LogP contribution in [0.1, 0.15) is 13.8 Å². The van der Waals surface area contributed by atoms with Crippen molar-refractivity contribution in [2.24, 2.45) is 0 Å². The summed E-state index contributed by atoms with van der Waals surface area (Å²) in [6.07, 6.45) is -4.51. The lowest BCUT2D eigenvalue weighted by molar-refractivity contribution is -0.153. The van der Waals surface area contributed by atoms with Gasteiger partial charge in [0.05, 0.1) is 19.8 Å². The van der Waals surface area contributed by atoms with Crippen molar-refractivity contribution < 1.29 is 42.7 Å². The molecule has 0 aromatic rings. The molecule has 2 aliphatic rings. The standard InChI is InChI=1S/C11H19N2O9P/c1-3-19-23(18,20-4-2)21-5-6-7(14)8(15)11(22-6)9(16)12-10(17)13-11/h6-8,14-15H,3-5H2,1-2H3,(H2,12,13,16,17)/t6-,7?,8?,11+/m1/s1. The van der Waals surface area contributed by atoms with E-state index in [-0.39, 0.29) is 13.2 Å². The molecular formula is C11H19N2O9P. The van der Waals surface area contributed by atoms with Gasteiger partial charge in [0.15, 0.2) is 0 Å². The van der Waals surface area contributed by atoms with Crippen molar-refractivity contribution in [2.45, 2.75) is 37.9 Å². The second-order valence-corrected chi connectivity index (χ2v) is 6.48. The van der Waals surface area contributed by atoms with Gasteiger partial charge in [-0.15, -0.1) is 0 Å². The van der Waals surface area contributed by atoms with Crippen LogP contribution < -0.4 is 10.6 Å². The Kier molecular flexibility index (Phi) is 5.41. The van der Waals surface area contributed by atoms with E-state index < -0.39 is 50.4 Å². The van der Waals surface area contributed by atoms with Gasteiger partial charge in [-0.2, -0.15) is 0 Å². The Morgan fingerprint density at radius 1 is 1.22 bits per heavy atom. The van der Waals surface area contributed by atoms with E-state index in [2.05, 4.69) is 5.32 Å². The van der Waals surface area contributed by atoms with Crippen LogP contribution in [0, 0.1) is 0 Å².